The molecule has 0 radical (unpaired) electrons. The lowest BCUT2D eigenvalue weighted by molar-refractivity contribution is -0.151. The molecule has 176 valence electrons. The number of fused-ring (bicyclic) bond motifs is 1. The van der Waals surface area contributed by atoms with Gasteiger partial charge in [-0.1, -0.05) is 17.7 Å². The first-order valence-electron chi connectivity index (χ1n) is 11.0. The molecule has 0 spiro atoms. The number of hydrogen-bond donors (Lipinski definition) is 2. The molecule has 2 aromatic heterocycles. The molecule has 0 unspecified atom stereocenters. The third kappa shape index (κ3) is 4.95. The smallest absolute Gasteiger partial charge is 0.309 e. The fourth-order valence-electron chi connectivity index (χ4n) is 4.41. The molecule has 1 aromatic carbocycles. The Hall–Kier alpha value is -2.74. The molecular formula is C24H26ClF2N3O3. The Labute approximate surface area is 195 Å². The molecule has 0 amide bonds. The van der Waals surface area contributed by atoms with Crippen molar-refractivity contribution in [2.75, 3.05) is 0 Å². The van der Waals surface area contributed by atoms with Crippen LogP contribution in [0.4, 0.5) is 8.78 Å². The minimum absolute atomic E-state index is 0.00296. The zero-order chi connectivity index (χ0) is 23.8. The summed E-state index contributed by atoms with van der Waals surface area (Å²) in [6, 6.07) is 5.79. The van der Waals surface area contributed by atoms with Gasteiger partial charge in [0, 0.05) is 5.56 Å². The van der Waals surface area contributed by atoms with E-state index in [9.17, 15) is 18.7 Å². The Morgan fingerprint density at radius 2 is 1.85 bits per heavy atom. The first-order chi connectivity index (χ1) is 15.6. The minimum atomic E-state index is -0.777. The van der Waals surface area contributed by atoms with E-state index in [1.165, 1.54) is 18.2 Å². The summed E-state index contributed by atoms with van der Waals surface area (Å²) in [5.41, 5.74) is 0.771. The van der Waals surface area contributed by atoms with Gasteiger partial charge >= 0.3 is 5.97 Å². The molecule has 33 heavy (non-hydrogen) atoms. The van der Waals surface area contributed by atoms with Crippen molar-refractivity contribution in [1.29, 1.82) is 0 Å². The molecule has 0 atom stereocenters. The lowest BCUT2D eigenvalue weighted by Gasteiger charge is -2.36. The maximum Gasteiger partial charge on any atom is 0.309 e. The van der Waals surface area contributed by atoms with Crippen LogP contribution in [0.3, 0.4) is 0 Å². The van der Waals surface area contributed by atoms with E-state index in [2.05, 4.69) is 15.0 Å². The number of ether oxygens (including phenoxy) is 1. The third-order valence-electron chi connectivity index (χ3n) is 6.68. The second kappa shape index (κ2) is 9.25. The van der Waals surface area contributed by atoms with Crippen molar-refractivity contribution in [1.82, 2.24) is 15.0 Å². The van der Waals surface area contributed by atoms with Crippen LogP contribution in [0.2, 0.25) is 5.02 Å². The number of hydrogen-bond acceptors (Lipinski definition) is 4. The molecule has 9 heteroatoms. The molecule has 0 bridgehead atoms. The zero-order valence-electron chi connectivity index (χ0n) is 18.5. The third-order valence-corrected chi connectivity index (χ3v) is 7.00. The quantitative estimate of drug-likeness (QED) is 0.454. The largest absolute Gasteiger partial charge is 0.481 e. The van der Waals surface area contributed by atoms with Crippen molar-refractivity contribution in [3.63, 3.8) is 0 Å². The Balaban J connectivity index is 1.42. The maximum atomic E-state index is 13.9. The van der Waals surface area contributed by atoms with Crippen molar-refractivity contribution in [2.45, 2.75) is 58.5 Å². The molecule has 0 aliphatic heterocycles. The number of nitrogens with one attached hydrogen (secondary N) is 1. The van der Waals surface area contributed by atoms with Crippen LogP contribution in [0, 0.1) is 23.0 Å². The van der Waals surface area contributed by atoms with Crippen LogP contribution in [-0.4, -0.2) is 32.1 Å². The molecule has 2 N–H and O–H groups in total. The van der Waals surface area contributed by atoms with Gasteiger partial charge < -0.3 is 14.8 Å². The van der Waals surface area contributed by atoms with E-state index in [-0.39, 0.29) is 30.4 Å². The van der Waals surface area contributed by atoms with Crippen LogP contribution in [0.5, 0.6) is 6.01 Å². The van der Waals surface area contributed by atoms with E-state index < -0.39 is 23.0 Å². The highest BCUT2D eigenvalue weighted by molar-refractivity contribution is 6.31. The summed E-state index contributed by atoms with van der Waals surface area (Å²) in [6.07, 6.45) is 3.35. The standard InChI is InChI=1S/C24H26ClF2N3O3/c1-24(2,22(31)32)13-6-8-14(9-7-13)33-23-29-20-12-16(25)19(28-21(20)30-23)11-10-15-17(26)4-3-5-18(15)27/h3-5,12-14H,6-11H2,1-2H3,(H,31,32)(H,28,29,30). The average molecular weight is 478 g/mol. The summed E-state index contributed by atoms with van der Waals surface area (Å²) in [5, 5.41) is 9.83. The number of imidazole rings is 1. The van der Waals surface area contributed by atoms with E-state index in [1.54, 1.807) is 19.9 Å². The summed E-state index contributed by atoms with van der Waals surface area (Å²) >= 11 is 6.35. The molecule has 6 nitrogen and oxygen atoms in total. The number of pyridine rings is 1. The van der Waals surface area contributed by atoms with Crippen LogP contribution >= 0.6 is 11.6 Å². The summed E-state index contributed by atoms with van der Waals surface area (Å²) in [5.74, 6) is -1.86. The van der Waals surface area contributed by atoms with Crippen LogP contribution in [0.15, 0.2) is 24.3 Å². The average Bonchev–Trinajstić information content (AvgIpc) is 3.14. The van der Waals surface area contributed by atoms with Gasteiger partial charge in [0.15, 0.2) is 5.65 Å². The Kier molecular flexibility index (Phi) is 6.56. The summed E-state index contributed by atoms with van der Waals surface area (Å²) < 4.78 is 33.8. The monoisotopic (exact) mass is 477 g/mol. The number of aromatic nitrogens is 3. The van der Waals surface area contributed by atoms with Gasteiger partial charge in [-0.3, -0.25) is 4.79 Å². The van der Waals surface area contributed by atoms with Gasteiger partial charge in [0.25, 0.3) is 6.01 Å². The van der Waals surface area contributed by atoms with E-state index in [0.29, 0.717) is 27.9 Å². The lowest BCUT2D eigenvalue weighted by Crippen LogP contribution is -2.37. The summed E-state index contributed by atoms with van der Waals surface area (Å²) in [7, 11) is 0. The van der Waals surface area contributed by atoms with E-state index >= 15 is 0 Å². The van der Waals surface area contributed by atoms with Crippen molar-refractivity contribution >= 4 is 28.7 Å². The van der Waals surface area contributed by atoms with E-state index in [0.717, 1.165) is 25.7 Å². The fraction of sp³-hybridized carbons (Fsp3) is 0.458. The number of aromatic amines is 1. The van der Waals surface area contributed by atoms with Crippen LogP contribution < -0.4 is 4.74 Å². The van der Waals surface area contributed by atoms with Gasteiger partial charge in [0.1, 0.15) is 17.7 Å². The minimum Gasteiger partial charge on any atom is -0.481 e. The Bertz CT molecular complexity index is 1150. The van der Waals surface area contributed by atoms with Gasteiger partial charge in [-0.25, -0.2) is 13.8 Å². The van der Waals surface area contributed by atoms with Gasteiger partial charge in [-0.05, 0) is 76.5 Å². The second-order valence-corrected chi connectivity index (χ2v) is 9.56. The lowest BCUT2D eigenvalue weighted by atomic mass is 9.70. The van der Waals surface area contributed by atoms with Crippen molar-refractivity contribution in [2.24, 2.45) is 11.3 Å². The molecule has 1 aliphatic carbocycles. The topological polar surface area (TPSA) is 88.1 Å². The van der Waals surface area contributed by atoms with Crippen molar-refractivity contribution in [3.05, 3.63) is 52.2 Å². The van der Waals surface area contributed by atoms with E-state index in [4.69, 9.17) is 16.3 Å². The number of benzene rings is 1. The second-order valence-electron chi connectivity index (χ2n) is 9.15. The predicted octanol–water partition coefficient (Wildman–Crippen LogP) is 5.72. The predicted molar refractivity (Wildman–Crippen MR) is 120 cm³/mol. The van der Waals surface area contributed by atoms with Crippen LogP contribution in [-0.2, 0) is 17.6 Å². The van der Waals surface area contributed by atoms with Crippen molar-refractivity contribution < 1.29 is 23.4 Å². The zero-order valence-corrected chi connectivity index (χ0v) is 19.3. The summed E-state index contributed by atoms with van der Waals surface area (Å²) in [6.45, 7) is 3.54. The highest BCUT2D eigenvalue weighted by atomic mass is 35.5. The van der Waals surface area contributed by atoms with Gasteiger partial charge in [-0.2, -0.15) is 4.98 Å². The number of nitrogens with zero attached hydrogens (tertiary/aromatic N) is 2. The highest BCUT2D eigenvalue weighted by Gasteiger charge is 2.39. The molecule has 3 aromatic rings. The van der Waals surface area contributed by atoms with Crippen LogP contribution in [0.25, 0.3) is 11.2 Å². The Morgan fingerprint density at radius 3 is 2.48 bits per heavy atom. The molecular weight excluding hydrogens is 452 g/mol. The normalized spacial score (nSPS) is 19.1. The SMILES string of the molecule is CC(C)(C(=O)O)C1CCC(Oc2nc3nc(CCc4c(F)cccc4F)c(Cl)cc3[nH]2)CC1. The summed E-state index contributed by atoms with van der Waals surface area (Å²) in [4.78, 5) is 23.4. The molecule has 0 saturated heterocycles. The highest BCUT2D eigenvalue weighted by Crippen LogP contribution is 2.39. The van der Waals surface area contributed by atoms with E-state index in [1.807, 2.05) is 0 Å². The molecule has 4 rings (SSSR count). The maximum absolute atomic E-state index is 13.9. The number of halogens is 3. The molecule has 2 heterocycles. The number of aryl methyl sites for hydroxylation is 1. The number of carboxylic acids is 1. The first kappa shape index (κ1) is 23.4. The molecule has 1 aliphatic rings. The van der Waals surface area contributed by atoms with Crippen molar-refractivity contribution in [3.8, 4) is 6.01 Å². The number of carboxylic acid groups (broad SMARTS) is 1. The van der Waals surface area contributed by atoms with Gasteiger partial charge in [-0.15, -0.1) is 0 Å². The molecule has 1 saturated carbocycles. The first-order valence-corrected chi connectivity index (χ1v) is 11.4. The Morgan fingerprint density at radius 1 is 1.18 bits per heavy atom. The van der Waals surface area contributed by atoms with Crippen LogP contribution in [0.1, 0.15) is 50.8 Å². The van der Waals surface area contributed by atoms with Gasteiger partial charge in [0.05, 0.1) is 21.6 Å². The number of rotatable bonds is 7. The number of carbonyl (C=O) groups is 1. The number of aliphatic carboxylic acids is 1. The number of H-pyrrole nitrogens is 1. The fourth-order valence-corrected chi connectivity index (χ4v) is 4.66. The van der Waals surface area contributed by atoms with Gasteiger partial charge in [0.2, 0.25) is 0 Å². The molecule has 1 fully saturated rings.